The lowest BCUT2D eigenvalue weighted by Crippen LogP contribution is -2.10. The molecule has 0 heterocycles. The van der Waals surface area contributed by atoms with Crippen molar-refractivity contribution in [1.29, 1.82) is 0 Å². The second-order valence-corrected chi connectivity index (χ2v) is 5.29. The van der Waals surface area contributed by atoms with Crippen LogP contribution in [0.5, 0.6) is 0 Å². The Morgan fingerprint density at radius 1 is 0.818 bits per heavy atom. The topological polar surface area (TPSA) is 54.4 Å². The standard InChI is InChI=1S/C18H11ClO3/c19-12-8-9-15(18(21)22)16(10-12)17(20)14-7-3-5-11-4-1-2-6-13(11)14/h1-10H,(H,21,22). The van der Waals surface area contributed by atoms with Crippen LogP contribution in [0.3, 0.4) is 0 Å². The first-order valence-corrected chi connectivity index (χ1v) is 7.01. The first kappa shape index (κ1) is 14.3. The quantitative estimate of drug-likeness (QED) is 0.728. The molecule has 0 unspecified atom stereocenters. The van der Waals surface area contributed by atoms with E-state index in [9.17, 15) is 14.7 Å². The van der Waals surface area contributed by atoms with Crippen LogP contribution in [0.25, 0.3) is 10.8 Å². The van der Waals surface area contributed by atoms with E-state index in [2.05, 4.69) is 0 Å². The highest BCUT2D eigenvalue weighted by Crippen LogP contribution is 2.24. The summed E-state index contributed by atoms with van der Waals surface area (Å²) in [5.41, 5.74) is 0.501. The van der Waals surface area contributed by atoms with Crippen LogP contribution in [-0.4, -0.2) is 16.9 Å². The van der Waals surface area contributed by atoms with Crippen LogP contribution in [0.4, 0.5) is 0 Å². The van der Waals surface area contributed by atoms with Crippen molar-refractivity contribution in [1.82, 2.24) is 0 Å². The third-order valence-electron chi connectivity index (χ3n) is 3.49. The van der Waals surface area contributed by atoms with E-state index in [0.717, 1.165) is 10.8 Å². The number of hydrogen-bond acceptors (Lipinski definition) is 2. The summed E-state index contributed by atoms with van der Waals surface area (Å²) in [6.07, 6.45) is 0. The number of hydrogen-bond donors (Lipinski definition) is 1. The lowest BCUT2D eigenvalue weighted by molar-refractivity contribution is 0.0693. The van der Waals surface area contributed by atoms with Crippen LogP contribution in [0.2, 0.25) is 5.02 Å². The van der Waals surface area contributed by atoms with Gasteiger partial charge in [-0.15, -0.1) is 0 Å². The first-order chi connectivity index (χ1) is 10.6. The maximum absolute atomic E-state index is 12.8. The number of ketones is 1. The number of carboxylic acids is 1. The van der Waals surface area contributed by atoms with Crippen molar-refractivity contribution >= 4 is 34.1 Å². The van der Waals surface area contributed by atoms with Crippen molar-refractivity contribution in [3.8, 4) is 0 Å². The molecule has 0 aliphatic carbocycles. The smallest absolute Gasteiger partial charge is 0.336 e. The number of fused-ring (bicyclic) bond motifs is 1. The van der Waals surface area contributed by atoms with Crippen LogP contribution in [0.1, 0.15) is 26.3 Å². The molecule has 0 saturated heterocycles. The van der Waals surface area contributed by atoms with Gasteiger partial charge in [0.05, 0.1) is 5.56 Å². The molecular weight excluding hydrogens is 300 g/mol. The molecule has 22 heavy (non-hydrogen) atoms. The van der Waals surface area contributed by atoms with E-state index in [1.54, 1.807) is 12.1 Å². The minimum absolute atomic E-state index is 0.0534. The average molecular weight is 311 g/mol. The Labute approximate surface area is 131 Å². The van der Waals surface area contributed by atoms with Crippen molar-refractivity contribution in [2.75, 3.05) is 0 Å². The molecule has 0 spiro atoms. The molecule has 0 fully saturated rings. The number of carbonyl (C=O) groups excluding carboxylic acids is 1. The molecule has 0 bridgehead atoms. The van der Waals surface area contributed by atoms with Crippen molar-refractivity contribution in [3.63, 3.8) is 0 Å². The van der Waals surface area contributed by atoms with E-state index in [-0.39, 0.29) is 16.9 Å². The third kappa shape index (κ3) is 2.47. The van der Waals surface area contributed by atoms with E-state index < -0.39 is 5.97 Å². The summed E-state index contributed by atoms with van der Waals surface area (Å²) in [4.78, 5) is 24.2. The number of aromatic carboxylic acids is 1. The molecule has 0 saturated carbocycles. The summed E-state index contributed by atoms with van der Waals surface area (Å²) in [5.74, 6) is -1.50. The highest BCUT2D eigenvalue weighted by Gasteiger charge is 2.19. The predicted molar refractivity (Wildman–Crippen MR) is 85.8 cm³/mol. The molecule has 0 aliphatic rings. The summed E-state index contributed by atoms with van der Waals surface area (Å²) in [6.45, 7) is 0. The molecule has 0 radical (unpaired) electrons. The second-order valence-electron chi connectivity index (χ2n) is 4.85. The van der Waals surface area contributed by atoms with Gasteiger partial charge in [0.25, 0.3) is 0 Å². The third-order valence-corrected chi connectivity index (χ3v) is 3.73. The average Bonchev–Trinajstić information content (AvgIpc) is 2.53. The molecule has 4 heteroatoms. The number of benzene rings is 3. The molecule has 3 aromatic carbocycles. The van der Waals surface area contributed by atoms with Gasteiger partial charge < -0.3 is 5.11 Å². The van der Waals surface area contributed by atoms with E-state index in [4.69, 9.17) is 11.6 Å². The highest BCUT2D eigenvalue weighted by molar-refractivity contribution is 6.31. The fraction of sp³-hybridized carbons (Fsp3) is 0. The van der Waals surface area contributed by atoms with Crippen LogP contribution in [0.15, 0.2) is 60.7 Å². The van der Waals surface area contributed by atoms with Gasteiger partial charge in [-0.3, -0.25) is 4.79 Å². The molecule has 0 amide bonds. The molecule has 0 aromatic heterocycles. The van der Waals surface area contributed by atoms with Crippen LogP contribution >= 0.6 is 11.6 Å². The minimum Gasteiger partial charge on any atom is -0.478 e. The molecule has 0 atom stereocenters. The number of rotatable bonds is 3. The minimum atomic E-state index is -1.15. The number of carbonyl (C=O) groups is 2. The van der Waals surface area contributed by atoms with E-state index in [1.807, 2.05) is 30.3 Å². The van der Waals surface area contributed by atoms with Gasteiger partial charge in [-0.1, -0.05) is 54.1 Å². The zero-order valence-electron chi connectivity index (χ0n) is 11.4. The fourth-order valence-corrected chi connectivity index (χ4v) is 2.63. The van der Waals surface area contributed by atoms with Gasteiger partial charge >= 0.3 is 5.97 Å². The Morgan fingerprint density at radius 2 is 1.55 bits per heavy atom. The Bertz CT molecular complexity index is 894. The number of halogens is 1. The Balaban J connectivity index is 2.23. The molecule has 3 rings (SSSR count). The van der Waals surface area contributed by atoms with Gasteiger partial charge in [-0.25, -0.2) is 4.79 Å². The summed E-state index contributed by atoms with van der Waals surface area (Å²) in [5, 5.41) is 11.3. The van der Waals surface area contributed by atoms with Crippen LogP contribution in [0, 0.1) is 0 Å². The van der Waals surface area contributed by atoms with Gasteiger partial charge in [-0.05, 0) is 29.0 Å². The van der Waals surface area contributed by atoms with E-state index >= 15 is 0 Å². The summed E-state index contributed by atoms with van der Waals surface area (Å²) in [7, 11) is 0. The van der Waals surface area contributed by atoms with Crippen molar-refractivity contribution in [3.05, 3.63) is 82.4 Å². The van der Waals surface area contributed by atoms with Gasteiger partial charge in [0.15, 0.2) is 5.78 Å². The Hall–Kier alpha value is -2.65. The van der Waals surface area contributed by atoms with Gasteiger partial charge in [0.1, 0.15) is 0 Å². The maximum atomic E-state index is 12.8. The van der Waals surface area contributed by atoms with Crippen LogP contribution in [-0.2, 0) is 0 Å². The van der Waals surface area contributed by atoms with Crippen molar-refractivity contribution in [2.45, 2.75) is 0 Å². The summed E-state index contributed by atoms with van der Waals surface area (Å²) >= 11 is 5.93. The monoisotopic (exact) mass is 310 g/mol. The van der Waals surface area contributed by atoms with Gasteiger partial charge in [0.2, 0.25) is 0 Å². The Kier molecular flexibility index (Phi) is 3.65. The summed E-state index contributed by atoms with van der Waals surface area (Å²) < 4.78 is 0. The van der Waals surface area contributed by atoms with Crippen LogP contribution < -0.4 is 0 Å². The Morgan fingerprint density at radius 3 is 2.32 bits per heavy atom. The van der Waals surface area contributed by atoms with Crippen molar-refractivity contribution in [2.24, 2.45) is 0 Å². The largest absolute Gasteiger partial charge is 0.478 e. The molecule has 1 N–H and O–H groups in total. The maximum Gasteiger partial charge on any atom is 0.336 e. The fourth-order valence-electron chi connectivity index (χ4n) is 2.46. The molecule has 3 nitrogen and oxygen atoms in total. The predicted octanol–water partition coefficient (Wildman–Crippen LogP) is 4.42. The van der Waals surface area contributed by atoms with Gasteiger partial charge in [0, 0.05) is 16.1 Å². The highest BCUT2D eigenvalue weighted by atomic mass is 35.5. The van der Waals surface area contributed by atoms with E-state index in [1.165, 1.54) is 18.2 Å². The SMILES string of the molecule is O=C(O)c1ccc(Cl)cc1C(=O)c1cccc2ccccc12. The molecule has 108 valence electrons. The summed E-state index contributed by atoms with van der Waals surface area (Å²) in [6, 6.07) is 17.1. The zero-order chi connectivity index (χ0) is 15.7. The normalized spacial score (nSPS) is 10.6. The number of carboxylic acid groups (broad SMARTS) is 1. The molecule has 3 aromatic rings. The van der Waals surface area contributed by atoms with E-state index in [0.29, 0.717) is 10.6 Å². The van der Waals surface area contributed by atoms with Crippen molar-refractivity contribution < 1.29 is 14.7 Å². The lowest BCUT2D eigenvalue weighted by Gasteiger charge is -2.09. The molecular formula is C18H11ClO3. The van der Waals surface area contributed by atoms with Gasteiger partial charge in [-0.2, -0.15) is 0 Å². The lowest BCUT2D eigenvalue weighted by atomic mass is 9.94. The molecule has 0 aliphatic heterocycles. The second kappa shape index (κ2) is 5.62. The first-order valence-electron chi connectivity index (χ1n) is 6.63. The zero-order valence-corrected chi connectivity index (χ0v) is 12.2.